The maximum atomic E-state index is 11.6. The summed E-state index contributed by atoms with van der Waals surface area (Å²) in [6, 6.07) is 6.70. The highest BCUT2D eigenvalue weighted by atomic mass is 16.5. The Kier molecular flexibility index (Phi) is 7.53. The number of esters is 1. The van der Waals surface area contributed by atoms with Crippen molar-refractivity contribution >= 4 is 23.9 Å². The van der Waals surface area contributed by atoms with E-state index in [0.717, 1.165) is 5.56 Å². The van der Waals surface area contributed by atoms with E-state index in [0.29, 0.717) is 18.7 Å². The highest BCUT2D eigenvalue weighted by Gasteiger charge is 2.05. The normalized spacial score (nSPS) is 10.6. The average Bonchev–Trinajstić information content (AvgIpc) is 2.56. The summed E-state index contributed by atoms with van der Waals surface area (Å²) in [6.45, 7) is 4.37. The molecule has 0 bridgehead atoms. The molecule has 0 aliphatic carbocycles. The number of carbonyl (C=O) groups is 3. The molecule has 1 aromatic carbocycles. The zero-order chi connectivity index (χ0) is 17.2. The van der Waals surface area contributed by atoms with Crippen molar-refractivity contribution in [3.8, 4) is 0 Å². The van der Waals surface area contributed by atoms with Crippen LogP contribution in [0.5, 0.6) is 0 Å². The molecular weight excluding hydrogens is 296 g/mol. The molecule has 0 heterocycles. The summed E-state index contributed by atoms with van der Waals surface area (Å²) in [5.41, 5.74) is 1.25. The van der Waals surface area contributed by atoms with Crippen LogP contribution in [0, 0.1) is 5.92 Å². The molecule has 0 aliphatic heterocycles. The molecule has 124 valence electrons. The van der Waals surface area contributed by atoms with Gasteiger partial charge in [-0.15, -0.1) is 0 Å². The minimum Gasteiger partial charge on any atom is -0.465 e. The standard InChI is InChI=1S/C17H22N2O4/c1-12(2)16(21)19-11-10-18-15(20)9-6-13-4-7-14(8-5-13)17(22)23-3/h4-9,12H,10-11H2,1-3H3,(H,18,20)(H,19,21). The quantitative estimate of drug-likeness (QED) is 0.452. The van der Waals surface area contributed by atoms with E-state index in [1.54, 1.807) is 30.3 Å². The van der Waals surface area contributed by atoms with Gasteiger partial charge >= 0.3 is 5.97 Å². The molecule has 0 radical (unpaired) electrons. The number of amides is 2. The second-order valence-electron chi connectivity index (χ2n) is 5.18. The van der Waals surface area contributed by atoms with Gasteiger partial charge in [0, 0.05) is 25.1 Å². The number of ether oxygens (including phenoxy) is 1. The van der Waals surface area contributed by atoms with Gasteiger partial charge < -0.3 is 15.4 Å². The van der Waals surface area contributed by atoms with Crippen molar-refractivity contribution in [1.82, 2.24) is 10.6 Å². The molecule has 0 saturated carbocycles. The lowest BCUT2D eigenvalue weighted by Gasteiger charge is -2.07. The molecule has 2 N–H and O–H groups in total. The zero-order valence-corrected chi connectivity index (χ0v) is 13.6. The van der Waals surface area contributed by atoms with Crippen molar-refractivity contribution in [1.29, 1.82) is 0 Å². The summed E-state index contributed by atoms with van der Waals surface area (Å²) in [5.74, 6) is -0.762. The molecule has 0 saturated heterocycles. The lowest BCUT2D eigenvalue weighted by molar-refractivity contribution is -0.124. The molecule has 6 heteroatoms. The summed E-state index contributed by atoms with van der Waals surface area (Å²) in [7, 11) is 1.32. The molecule has 0 aliphatic rings. The third-order valence-electron chi connectivity index (χ3n) is 3.01. The first-order valence-corrected chi connectivity index (χ1v) is 7.36. The fraction of sp³-hybridized carbons (Fsp3) is 0.353. The number of benzene rings is 1. The van der Waals surface area contributed by atoms with E-state index in [4.69, 9.17) is 0 Å². The van der Waals surface area contributed by atoms with Gasteiger partial charge in [-0.25, -0.2) is 4.79 Å². The molecule has 1 aromatic rings. The van der Waals surface area contributed by atoms with Gasteiger partial charge in [0.2, 0.25) is 11.8 Å². The molecule has 0 spiro atoms. The molecule has 23 heavy (non-hydrogen) atoms. The largest absolute Gasteiger partial charge is 0.465 e. The minimum absolute atomic E-state index is 0.0412. The van der Waals surface area contributed by atoms with E-state index < -0.39 is 5.97 Å². The Hall–Kier alpha value is -2.63. The average molecular weight is 318 g/mol. The van der Waals surface area contributed by atoms with Gasteiger partial charge in [-0.2, -0.15) is 0 Å². The predicted octanol–water partition coefficient (Wildman–Crippen LogP) is 1.37. The Balaban J connectivity index is 2.37. The molecule has 2 amide bonds. The summed E-state index contributed by atoms with van der Waals surface area (Å²) in [4.78, 5) is 34.2. The lowest BCUT2D eigenvalue weighted by atomic mass is 10.1. The molecule has 0 atom stereocenters. The van der Waals surface area contributed by atoms with E-state index in [-0.39, 0.29) is 17.7 Å². The summed E-state index contributed by atoms with van der Waals surface area (Å²) >= 11 is 0. The van der Waals surface area contributed by atoms with Gasteiger partial charge in [-0.3, -0.25) is 9.59 Å². The Labute approximate surface area is 135 Å². The number of hydrogen-bond acceptors (Lipinski definition) is 4. The van der Waals surface area contributed by atoms with Gasteiger partial charge in [0.05, 0.1) is 12.7 Å². The zero-order valence-electron chi connectivity index (χ0n) is 13.6. The van der Waals surface area contributed by atoms with Crippen LogP contribution in [0.2, 0.25) is 0 Å². The Morgan fingerprint density at radius 3 is 2.26 bits per heavy atom. The fourth-order valence-corrected chi connectivity index (χ4v) is 1.65. The first-order chi connectivity index (χ1) is 10.9. The van der Waals surface area contributed by atoms with Crippen LogP contribution in [0.4, 0.5) is 0 Å². The number of nitrogens with one attached hydrogen (secondary N) is 2. The van der Waals surface area contributed by atoms with Crippen molar-refractivity contribution in [2.75, 3.05) is 20.2 Å². The van der Waals surface area contributed by atoms with Crippen molar-refractivity contribution in [2.45, 2.75) is 13.8 Å². The topological polar surface area (TPSA) is 84.5 Å². The number of methoxy groups -OCH3 is 1. The molecule has 0 unspecified atom stereocenters. The fourth-order valence-electron chi connectivity index (χ4n) is 1.65. The van der Waals surface area contributed by atoms with Crippen molar-refractivity contribution in [3.05, 3.63) is 41.5 Å². The van der Waals surface area contributed by atoms with E-state index >= 15 is 0 Å². The second-order valence-corrected chi connectivity index (χ2v) is 5.18. The van der Waals surface area contributed by atoms with Gasteiger partial charge in [0.1, 0.15) is 0 Å². The van der Waals surface area contributed by atoms with Crippen LogP contribution >= 0.6 is 0 Å². The van der Waals surface area contributed by atoms with E-state index in [9.17, 15) is 14.4 Å². The van der Waals surface area contributed by atoms with Crippen LogP contribution in [0.15, 0.2) is 30.3 Å². The second kappa shape index (κ2) is 9.40. The first kappa shape index (κ1) is 18.4. The van der Waals surface area contributed by atoms with Crippen LogP contribution < -0.4 is 10.6 Å². The SMILES string of the molecule is COC(=O)c1ccc(C=CC(=O)NCCNC(=O)C(C)C)cc1. The molecular formula is C17H22N2O4. The van der Waals surface area contributed by atoms with Crippen LogP contribution in [0.3, 0.4) is 0 Å². The summed E-state index contributed by atoms with van der Waals surface area (Å²) in [5, 5.41) is 5.38. The Morgan fingerprint density at radius 2 is 1.70 bits per heavy atom. The van der Waals surface area contributed by atoms with Crippen LogP contribution in [0.25, 0.3) is 6.08 Å². The van der Waals surface area contributed by atoms with E-state index in [1.807, 2.05) is 13.8 Å². The molecule has 6 nitrogen and oxygen atoms in total. The lowest BCUT2D eigenvalue weighted by Crippen LogP contribution is -2.35. The highest BCUT2D eigenvalue weighted by molar-refractivity contribution is 5.92. The van der Waals surface area contributed by atoms with Gasteiger partial charge in [0.25, 0.3) is 0 Å². The van der Waals surface area contributed by atoms with E-state index in [1.165, 1.54) is 13.2 Å². The van der Waals surface area contributed by atoms with Gasteiger partial charge in [-0.05, 0) is 23.8 Å². The Morgan fingerprint density at radius 1 is 1.09 bits per heavy atom. The molecule has 1 rings (SSSR count). The third-order valence-corrected chi connectivity index (χ3v) is 3.01. The van der Waals surface area contributed by atoms with Crippen molar-refractivity contribution in [2.24, 2.45) is 5.92 Å². The number of rotatable bonds is 7. The van der Waals surface area contributed by atoms with Crippen molar-refractivity contribution in [3.63, 3.8) is 0 Å². The third kappa shape index (κ3) is 6.78. The maximum Gasteiger partial charge on any atom is 0.337 e. The Bertz CT molecular complexity index is 577. The van der Waals surface area contributed by atoms with Crippen LogP contribution in [-0.4, -0.2) is 38.0 Å². The predicted molar refractivity (Wildman–Crippen MR) is 87.7 cm³/mol. The van der Waals surface area contributed by atoms with Crippen molar-refractivity contribution < 1.29 is 19.1 Å². The number of hydrogen-bond donors (Lipinski definition) is 2. The van der Waals surface area contributed by atoms with Gasteiger partial charge in [0.15, 0.2) is 0 Å². The minimum atomic E-state index is -0.401. The monoisotopic (exact) mass is 318 g/mol. The summed E-state index contributed by atoms with van der Waals surface area (Å²) in [6.07, 6.45) is 3.04. The molecule has 0 aromatic heterocycles. The smallest absolute Gasteiger partial charge is 0.337 e. The maximum absolute atomic E-state index is 11.6. The van der Waals surface area contributed by atoms with E-state index in [2.05, 4.69) is 15.4 Å². The van der Waals surface area contributed by atoms with Crippen LogP contribution in [0.1, 0.15) is 29.8 Å². The number of carbonyl (C=O) groups excluding carboxylic acids is 3. The summed E-state index contributed by atoms with van der Waals surface area (Å²) < 4.78 is 4.61. The highest BCUT2D eigenvalue weighted by Crippen LogP contribution is 2.07. The first-order valence-electron chi connectivity index (χ1n) is 7.36. The van der Waals surface area contributed by atoms with Gasteiger partial charge in [-0.1, -0.05) is 26.0 Å². The van der Waals surface area contributed by atoms with Crippen LogP contribution in [-0.2, 0) is 14.3 Å². The molecule has 0 fully saturated rings.